The molecule has 0 aliphatic rings. The fourth-order valence-electron chi connectivity index (χ4n) is 2.23. The van der Waals surface area contributed by atoms with Crippen LogP contribution in [0.4, 0.5) is 10.5 Å². The van der Waals surface area contributed by atoms with Gasteiger partial charge in [-0.15, -0.1) is 0 Å². The van der Waals surface area contributed by atoms with Crippen molar-refractivity contribution in [2.45, 2.75) is 12.6 Å². The van der Waals surface area contributed by atoms with Gasteiger partial charge in [-0.1, -0.05) is 12.1 Å². The molecule has 122 valence electrons. The summed E-state index contributed by atoms with van der Waals surface area (Å²) in [6, 6.07) is 6.01. The Balaban J connectivity index is 1.99. The molecule has 5 N–H and O–H groups in total. The quantitative estimate of drug-likeness (QED) is 0.621. The van der Waals surface area contributed by atoms with Crippen molar-refractivity contribution >= 4 is 17.6 Å². The molecule has 0 fully saturated rings. The second-order valence-electron chi connectivity index (χ2n) is 5.08. The number of nitrogens with two attached hydrogens (primary N) is 1. The summed E-state index contributed by atoms with van der Waals surface area (Å²) in [6.07, 6.45) is 3.44. The highest BCUT2D eigenvalue weighted by molar-refractivity contribution is 5.87. The number of carbonyl (C=O) groups is 2. The maximum absolute atomic E-state index is 12.3. The molecule has 0 bridgehead atoms. The van der Waals surface area contributed by atoms with Crippen LogP contribution >= 0.6 is 0 Å². The van der Waals surface area contributed by atoms with E-state index in [9.17, 15) is 9.59 Å². The van der Waals surface area contributed by atoms with Crippen LogP contribution in [0.2, 0.25) is 0 Å². The number of nitrogens with one attached hydrogen (secondary N) is 3. The number of primary amides is 1. The summed E-state index contributed by atoms with van der Waals surface area (Å²) in [7, 11) is 3.51. The van der Waals surface area contributed by atoms with Gasteiger partial charge in [-0.25, -0.2) is 4.79 Å². The summed E-state index contributed by atoms with van der Waals surface area (Å²) in [5.74, 6) is -0.159. The maximum Gasteiger partial charge on any atom is 0.316 e. The number of likely N-dealkylation sites (N-methyl/N-ethyl adjacent to an activating group) is 1. The molecule has 2 rings (SSSR count). The Hall–Kier alpha value is -2.87. The topological polar surface area (TPSA) is 114 Å². The molecule has 0 radical (unpaired) electrons. The first-order chi connectivity index (χ1) is 11.0. The van der Waals surface area contributed by atoms with Gasteiger partial charge >= 0.3 is 6.03 Å². The molecule has 2 aromatic rings. The van der Waals surface area contributed by atoms with Crippen LogP contribution in [0.5, 0.6) is 0 Å². The lowest BCUT2D eigenvalue weighted by atomic mass is 10.1. The van der Waals surface area contributed by atoms with Crippen LogP contribution in [-0.4, -0.2) is 28.8 Å². The molecule has 23 heavy (non-hydrogen) atoms. The molecule has 0 saturated heterocycles. The van der Waals surface area contributed by atoms with Gasteiger partial charge in [-0.3, -0.25) is 9.48 Å². The van der Waals surface area contributed by atoms with Gasteiger partial charge in [0, 0.05) is 31.0 Å². The van der Waals surface area contributed by atoms with E-state index in [-0.39, 0.29) is 5.91 Å². The fourth-order valence-corrected chi connectivity index (χ4v) is 2.23. The van der Waals surface area contributed by atoms with E-state index in [4.69, 9.17) is 5.73 Å². The number of nitrogens with zero attached hydrogens (tertiary/aromatic N) is 2. The largest absolute Gasteiger partial charge is 0.351 e. The van der Waals surface area contributed by atoms with Crippen molar-refractivity contribution in [1.29, 1.82) is 0 Å². The number of carbonyl (C=O) groups excluding carboxylic acids is 2. The highest BCUT2D eigenvalue weighted by Crippen LogP contribution is 2.13. The number of aromatic nitrogens is 2. The molecule has 1 heterocycles. The van der Waals surface area contributed by atoms with E-state index in [1.54, 1.807) is 49.4 Å². The summed E-state index contributed by atoms with van der Waals surface area (Å²) < 4.78 is 1.64. The number of amides is 3. The van der Waals surface area contributed by atoms with E-state index in [1.165, 1.54) is 0 Å². The van der Waals surface area contributed by atoms with Crippen molar-refractivity contribution in [1.82, 2.24) is 20.4 Å². The lowest BCUT2D eigenvalue weighted by molar-refractivity contribution is -0.123. The van der Waals surface area contributed by atoms with Gasteiger partial charge in [0.15, 0.2) is 0 Å². The second-order valence-corrected chi connectivity index (χ2v) is 5.08. The molecule has 1 aromatic heterocycles. The van der Waals surface area contributed by atoms with Crippen LogP contribution in [0.3, 0.4) is 0 Å². The van der Waals surface area contributed by atoms with Crippen LogP contribution in [0.15, 0.2) is 36.7 Å². The summed E-state index contributed by atoms with van der Waals surface area (Å²) in [4.78, 5) is 23.2. The minimum Gasteiger partial charge on any atom is -0.351 e. The zero-order valence-electron chi connectivity index (χ0n) is 13.0. The normalized spacial score (nSPS) is 11.7. The molecule has 0 saturated carbocycles. The van der Waals surface area contributed by atoms with E-state index in [0.29, 0.717) is 12.2 Å². The SMILES string of the molecule is CNC(C(=O)NCc1cccc(NC(N)=O)c1)c1cnn(C)c1. The maximum atomic E-state index is 12.3. The lowest BCUT2D eigenvalue weighted by Gasteiger charge is -2.15. The van der Waals surface area contributed by atoms with Crippen LogP contribution in [-0.2, 0) is 18.4 Å². The number of hydrogen-bond acceptors (Lipinski definition) is 4. The summed E-state index contributed by atoms with van der Waals surface area (Å²) in [6.45, 7) is 0.339. The van der Waals surface area contributed by atoms with E-state index >= 15 is 0 Å². The van der Waals surface area contributed by atoms with E-state index in [2.05, 4.69) is 21.0 Å². The number of hydrogen-bond donors (Lipinski definition) is 4. The van der Waals surface area contributed by atoms with Crippen LogP contribution < -0.4 is 21.7 Å². The molecular formula is C15H20N6O2. The molecule has 0 aliphatic heterocycles. The van der Waals surface area contributed by atoms with Crippen molar-refractivity contribution < 1.29 is 9.59 Å². The van der Waals surface area contributed by atoms with Crippen molar-refractivity contribution in [2.24, 2.45) is 12.8 Å². The summed E-state index contributed by atoms with van der Waals surface area (Å²) in [5, 5.41) is 12.4. The Morgan fingerprint density at radius 2 is 2.17 bits per heavy atom. The zero-order chi connectivity index (χ0) is 16.8. The molecule has 8 nitrogen and oxygen atoms in total. The fraction of sp³-hybridized carbons (Fsp3) is 0.267. The predicted molar refractivity (Wildman–Crippen MR) is 86.5 cm³/mol. The van der Waals surface area contributed by atoms with Crippen LogP contribution in [0.25, 0.3) is 0 Å². The number of rotatable bonds is 6. The summed E-state index contributed by atoms with van der Waals surface area (Å²) in [5.41, 5.74) is 7.31. The third kappa shape index (κ3) is 4.55. The Labute approximate surface area is 134 Å². The minimum absolute atomic E-state index is 0.159. The van der Waals surface area contributed by atoms with Gasteiger partial charge in [-0.2, -0.15) is 5.10 Å². The average Bonchev–Trinajstić information content (AvgIpc) is 2.92. The minimum atomic E-state index is -0.627. The number of aryl methyl sites for hydroxylation is 1. The van der Waals surface area contributed by atoms with Gasteiger partial charge in [0.1, 0.15) is 6.04 Å². The molecular weight excluding hydrogens is 296 g/mol. The molecule has 0 aliphatic carbocycles. The lowest BCUT2D eigenvalue weighted by Crippen LogP contribution is -2.35. The predicted octanol–water partition coefficient (Wildman–Crippen LogP) is 0.488. The molecule has 3 amide bonds. The molecule has 1 unspecified atom stereocenters. The van der Waals surface area contributed by atoms with Gasteiger partial charge < -0.3 is 21.7 Å². The van der Waals surface area contributed by atoms with Crippen molar-refractivity contribution in [2.75, 3.05) is 12.4 Å². The molecule has 0 spiro atoms. The first kappa shape index (κ1) is 16.5. The Bertz CT molecular complexity index is 697. The Morgan fingerprint density at radius 3 is 2.78 bits per heavy atom. The van der Waals surface area contributed by atoms with E-state index in [1.807, 2.05) is 6.07 Å². The van der Waals surface area contributed by atoms with Gasteiger partial charge in [-0.05, 0) is 24.7 Å². The smallest absolute Gasteiger partial charge is 0.316 e. The molecule has 8 heteroatoms. The van der Waals surface area contributed by atoms with Gasteiger partial charge in [0.2, 0.25) is 5.91 Å². The number of anilines is 1. The van der Waals surface area contributed by atoms with Crippen LogP contribution in [0.1, 0.15) is 17.2 Å². The third-order valence-corrected chi connectivity index (χ3v) is 3.27. The first-order valence-corrected chi connectivity index (χ1v) is 7.08. The molecule has 1 atom stereocenters. The Morgan fingerprint density at radius 1 is 1.39 bits per heavy atom. The number of urea groups is 1. The average molecular weight is 316 g/mol. The zero-order valence-corrected chi connectivity index (χ0v) is 13.0. The van der Waals surface area contributed by atoms with Crippen molar-refractivity contribution in [3.05, 3.63) is 47.8 Å². The van der Waals surface area contributed by atoms with Crippen LogP contribution in [0, 0.1) is 0 Å². The van der Waals surface area contributed by atoms with E-state index < -0.39 is 12.1 Å². The highest BCUT2D eigenvalue weighted by Gasteiger charge is 2.19. The molecule has 1 aromatic carbocycles. The highest BCUT2D eigenvalue weighted by atomic mass is 16.2. The third-order valence-electron chi connectivity index (χ3n) is 3.27. The second kappa shape index (κ2) is 7.41. The van der Waals surface area contributed by atoms with E-state index in [0.717, 1.165) is 11.1 Å². The van der Waals surface area contributed by atoms with Crippen molar-refractivity contribution in [3.63, 3.8) is 0 Å². The van der Waals surface area contributed by atoms with Gasteiger partial charge in [0.05, 0.1) is 6.20 Å². The van der Waals surface area contributed by atoms with Crippen molar-refractivity contribution in [3.8, 4) is 0 Å². The first-order valence-electron chi connectivity index (χ1n) is 7.08. The van der Waals surface area contributed by atoms with Gasteiger partial charge in [0.25, 0.3) is 0 Å². The summed E-state index contributed by atoms with van der Waals surface area (Å²) >= 11 is 0. The standard InChI is InChI=1S/C15H20N6O2/c1-17-13(11-8-19-21(2)9-11)14(22)18-7-10-4-3-5-12(6-10)20-15(16)23/h3-6,8-9,13,17H,7H2,1-2H3,(H,18,22)(H3,16,20,23). The monoisotopic (exact) mass is 316 g/mol. The number of benzene rings is 1. The Kier molecular flexibility index (Phi) is 5.32.